The van der Waals surface area contributed by atoms with Crippen molar-refractivity contribution in [1.29, 1.82) is 0 Å². The third kappa shape index (κ3) is 14.5. The topological polar surface area (TPSA) is 95.7 Å². The predicted octanol–water partition coefficient (Wildman–Crippen LogP) is 4.47. The molecule has 2 amide bonds. The Morgan fingerprint density at radius 3 is 2.06 bits per heavy atom. The van der Waals surface area contributed by atoms with Crippen LogP contribution in [0, 0.1) is 6.57 Å². The van der Waals surface area contributed by atoms with Crippen molar-refractivity contribution in [3.05, 3.63) is 65.6 Å². The molecule has 1 atom stereocenters. The van der Waals surface area contributed by atoms with Gasteiger partial charge in [0.05, 0.1) is 0 Å². The summed E-state index contributed by atoms with van der Waals surface area (Å²) in [7, 11) is 1.42. The number of aliphatic hydroxyl groups is 1. The van der Waals surface area contributed by atoms with E-state index in [1.165, 1.54) is 20.9 Å². The number of carbonyl (C=O) groups excluding carboxylic acids is 2. The third-order valence-electron chi connectivity index (χ3n) is 3.57. The summed E-state index contributed by atoms with van der Waals surface area (Å²) in [4.78, 5) is 29.9. The number of amides is 2. The highest BCUT2D eigenvalue weighted by atomic mass is 19.4. The lowest BCUT2D eigenvalue weighted by Crippen LogP contribution is -2.40. The molecule has 174 valence electrons. The minimum absolute atomic E-state index is 0.128. The highest BCUT2D eigenvalue weighted by Crippen LogP contribution is 2.18. The van der Waals surface area contributed by atoms with E-state index in [0.717, 1.165) is 5.56 Å². The Balaban J connectivity index is 0.00000104. The van der Waals surface area contributed by atoms with Crippen molar-refractivity contribution in [2.24, 2.45) is 0 Å². The number of benzene rings is 1. The van der Waals surface area contributed by atoms with Gasteiger partial charge in [0.15, 0.2) is 0 Å². The molecular formula is C22H27F3N4O3. The van der Waals surface area contributed by atoms with Gasteiger partial charge in [-0.05, 0) is 49.6 Å². The van der Waals surface area contributed by atoms with Gasteiger partial charge in [0.1, 0.15) is 11.4 Å². The molecule has 1 aromatic carbocycles. The summed E-state index contributed by atoms with van der Waals surface area (Å²) >= 11 is 0. The monoisotopic (exact) mass is 452 g/mol. The summed E-state index contributed by atoms with van der Waals surface area (Å²) in [6.45, 7) is 8.95. The van der Waals surface area contributed by atoms with E-state index in [9.17, 15) is 27.9 Å². The van der Waals surface area contributed by atoms with Crippen LogP contribution < -0.4 is 10.6 Å². The molecule has 2 rings (SSSR count). The van der Waals surface area contributed by atoms with Crippen molar-refractivity contribution < 1.29 is 27.9 Å². The van der Waals surface area contributed by atoms with Crippen LogP contribution in [0.15, 0.2) is 48.7 Å². The Kier molecular flexibility index (Phi) is 12.3. The molecule has 0 spiro atoms. The number of rotatable bonds is 6. The number of carbonyl (C=O) groups is 2. The lowest BCUT2D eigenvalue weighted by Gasteiger charge is -2.22. The standard InChI is InChI=1S/C18H21N3O3.C2H3F3.C2H3N/c1-13(22)20-15-8-6-14(7-9-15)10-11-18(2,24)17(23)21-16-5-3-4-12-19-16;1-2(3,4)5;1-3-2/h3-9,12,24H,10-11H2,1-2H3,(H,20,22)(H,19,21,23);1H3;1H3/t18-;;/m0../s1. The van der Waals surface area contributed by atoms with Gasteiger partial charge in [0.25, 0.3) is 5.91 Å². The number of aryl methyl sites for hydroxylation is 1. The first-order valence-corrected chi connectivity index (χ1v) is 9.42. The van der Waals surface area contributed by atoms with E-state index in [4.69, 9.17) is 6.57 Å². The van der Waals surface area contributed by atoms with Crippen LogP contribution in [0.25, 0.3) is 4.85 Å². The van der Waals surface area contributed by atoms with Gasteiger partial charge in [-0.2, -0.15) is 13.2 Å². The number of nitrogens with zero attached hydrogens (tertiary/aromatic N) is 2. The number of pyridine rings is 1. The Labute approximate surface area is 185 Å². The molecule has 1 heterocycles. The zero-order chi connectivity index (χ0) is 24.8. The van der Waals surface area contributed by atoms with Gasteiger partial charge in [0.2, 0.25) is 13.0 Å². The predicted molar refractivity (Wildman–Crippen MR) is 117 cm³/mol. The second-order valence-electron chi connectivity index (χ2n) is 6.83. The number of alkyl halides is 3. The Hall–Kier alpha value is -3.45. The van der Waals surface area contributed by atoms with Gasteiger partial charge in [-0.15, -0.1) is 0 Å². The maximum Gasteiger partial charge on any atom is 0.386 e. The van der Waals surface area contributed by atoms with Crippen LogP contribution in [-0.2, 0) is 16.0 Å². The van der Waals surface area contributed by atoms with Crippen LogP contribution >= 0.6 is 0 Å². The van der Waals surface area contributed by atoms with Gasteiger partial charge >= 0.3 is 6.18 Å². The smallest absolute Gasteiger partial charge is 0.380 e. The van der Waals surface area contributed by atoms with Gasteiger partial charge in [-0.3, -0.25) is 9.59 Å². The quantitative estimate of drug-likeness (QED) is 0.564. The van der Waals surface area contributed by atoms with Gasteiger partial charge in [0, 0.05) is 25.7 Å². The normalized spacial score (nSPS) is 11.8. The first kappa shape index (κ1) is 28.5. The molecule has 2 aromatic rings. The lowest BCUT2D eigenvalue weighted by molar-refractivity contribution is -0.133. The summed E-state index contributed by atoms with van der Waals surface area (Å²) in [5.74, 6) is -0.213. The molecule has 0 radical (unpaired) electrons. The molecule has 1 aromatic heterocycles. The fraction of sp³-hybridized carbons (Fsp3) is 0.364. The summed E-state index contributed by atoms with van der Waals surface area (Å²) in [5.41, 5.74) is 0.175. The second kappa shape index (κ2) is 13.8. The summed E-state index contributed by atoms with van der Waals surface area (Å²) in [6, 6.07) is 12.5. The number of nitrogens with one attached hydrogen (secondary N) is 2. The first-order chi connectivity index (χ1) is 14.8. The minimum atomic E-state index is -4.00. The van der Waals surface area contributed by atoms with Crippen molar-refractivity contribution in [3.8, 4) is 0 Å². The van der Waals surface area contributed by atoms with E-state index in [1.807, 2.05) is 12.1 Å². The highest BCUT2D eigenvalue weighted by molar-refractivity contribution is 5.96. The molecule has 0 aliphatic rings. The van der Waals surface area contributed by atoms with Crippen molar-refractivity contribution in [3.63, 3.8) is 0 Å². The SMILES string of the molecule is CC(=O)Nc1ccc(CC[C@](C)(O)C(=O)Nc2ccccn2)cc1.CC(F)(F)F.[C-]#[N+]C. The average Bonchev–Trinajstić information content (AvgIpc) is 2.67. The summed E-state index contributed by atoms with van der Waals surface area (Å²) in [6.07, 6.45) is -1.63. The molecule has 7 nitrogen and oxygen atoms in total. The number of hydrogen-bond acceptors (Lipinski definition) is 4. The fourth-order valence-corrected chi connectivity index (χ4v) is 2.15. The summed E-state index contributed by atoms with van der Waals surface area (Å²) in [5, 5.41) is 15.7. The van der Waals surface area contributed by atoms with Crippen LogP contribution in [0.2, 0.25) is 0 Å². The Morgan fingerprint density at radius 2 is 1.62 bits per heavy atom. The van der Waals surface area contributed by atoms with E-state index in [0.29, 0.717) is 17.9 Å². The Morgan fingerprint density at radius 1 is 1.09 bits per heavy atom. The molecule has 32 heavy (non-hydrogen) atoms. The van der Waals surface area contributed by atoms with Crippen molar-refractivity contribution >= 4 is 23.3 Å². The number of aromatic nitrogens is 1. The molecule has 0 aliphatic carbocycles. The molecule has 0 aliphatic heterocycles. The molecule has 3 N–H and O–H groups in total. The van der Waals surface area contributed by atoms with E-state index < -0.39 is 17.7 Å². The van der Waals surface area contributed by atoms with Crippen LogP contribution in [-0.4, -0.2) is 40.7 Å². The zero-order valence-electron chi connectivity index (χ0n) is 18.3. The molecule has 0 fully saturated rings. The van der Waals surface area contributed by atoms with E-state index in [-0.39, 0.29) is 19.3 Å². The maximum absolute atomic E-state index is 12.2. The molecule has 0 saturated carbocycles. The maximum atomic E-state index is 12.2. The Bertz CT molecular complexity index is 872. The van der Waals surface area contributed by atoms with Crippen LogP contribution in [0.4, 0.5) is 24.7 Å². The highest BCUT2D eigenvalue weighted by Gasteiger charge is 2.30. The number of hydrogen-bond donors (Lipinski definition) is 3. The molecule has 0 saturated heterocycles. The minimum Gasteiger partial charge on any atom is -0.380 e. The number of halogens is 3. The van der Waals surface area contributed by atoms with Crippen molar-refractivity contribution in [1.82, 2.24) is 4.98 Å². The largest absolute Gasteiger partial charge is 0.386 e. The average molecular weight is 452 g/mol. The summed E-state index contributed by atoms with van der Waals surface area (Å²) < 4.78 is 31.1. The van der Waals surface area contributed by atoms with E-state index >= 15 is 0 Å². The van der Waals surface area contributed by atoms with Gasteiger partial charge < -0.3 is 20.6 Å². The van der Waals surface area contributed by atoms with E-state index in [1.54, 1.807) is 36.5 Å². The second-order valence-corrected chi connectivity index (χ2v) is 6.83. The van der Waals surface area contributed by atoms with Crippen LogP contribution in [0.3, 0.4) is 0 Å². The fourth-order valence-electron chi connectivity index (χ4n) is 2.15. The zero-order valence-corrected chi connectivity index (χ0v) is 18.3. The first-order valence-electron chi connectivity index (χ1n) is 9.42. The molecule has 10 heteroatoms. The van der Waals surface area contributed by atoms with Crippen LogP contribution in [0.5, 0.6) is 0 Å². The third-order valence-corrected chi connectivity index (χ3v) is 3.57. The van der Waals surface area contributed by atoms with Crippen molar-refractivity contribution in [2.45, 2.75) is 45.4 Å². The van der Waals surface area contributed by atoms with E-state index in [2.05, 4.69) is 20.5 Å². The lowest BCUT2D eigenvalue weighted by atomic mass is 9.96. The van der Waals surface area contributed by atoms with Crippen LogP contribution in [0.1, 0.15) is 32.8 Å². The molecular weight excluding hydrogens is 425 g/mol. The molecule has 0 unspecified atom stereocenters. The number of anilines is 2. The van der Waals surface area contributed by atoms with Crippen molar-refractivity contribution in [2.75, 3.05) is 17.7 Å². The molecule has 0 bridgehead atoms. The van der Waals surface area contributed by atoms with Gasteiger partial charge in [-0.25, -0.2) is 11.6 Å². The van der Waals surface area contributed by atoms with Gasteiger partial charge in [-0.1, -0.05) is 18.2 Å².